The van der Waals surface area contributed by atoms with Crippen LogP contribution in [0.2, 0.25) is 0 Å². The quantitative estimate of drug-likeness (QED) is 0.289. The van der Waals surface area contributed by atoms with E-state index in [9.17, 15) is 4.79 Å². The monoisotopic (exact) mass is 382 g/mol. The van der Waals surface area contributed by atoms with Gasteiger partial charge in [-0.3, -0.25) is 10.2 Å². The van der Waals surface area contributed by atoms with Crippen molar-refractivity contribution in [2.75, 3.05) is 6.54 Å². The van der Waals surface area contributed by atoms with Crippen LogP contribution in [0, 0.1) is 51.4 Å². The molecule has 0 saturated heterocycles. The Morgan fingerprint density at radius 3 is 2.79 bits per heavy atom. The highest BCUT2D eigenvalue weighted by Crippen LogP contribution is 2.66. The molecular weight excluding hydrogens is 348 g/mol. The van der Waals surface area contributed by atoms with Crippen LogP contribution in [0.15, 0.2) is 29.0 Å². The summed E-state index contributed by atoms with van der Waals surface area (Å²) in [6.07, 6.45) is 14.5. The third-order valence-corrected chi connectivity index (χ3v) is 9.03. The Labute approximate surface area is 168 Å². The highest BCUT2D eigenvalue weighted by molar-refractivity contribution is 5.92. The highest BCUT2D eigenvalue weighted by Gasteiger charge is 2.58. The van der Waals surface area contributed by atoms with Crippen LogP contribution in [0.3, 0.4) is 0 Å². The number of ketones is 1. The van der Waals surface area contributed by atoms with Gasteiger partial charge in [0.1, 0.15) is 6.34 Å². The minimum atomic E-state index is 0.166. The van der Waals surface area contributed by atoms with Crippen LogP contribution in [-0.4, -0.2) is 23.7 Å². The van der Waals surface area contributed by atoms with E-state index in [0.717, 1.165) is 12.8 Å². The number of allylic oxidation sites excluding steroid dienone is 4. The summed E-state index contributed by atoms with van der Waals surface area (Å²) in [5, 5.41) is 12.4. The topological polar surface area (TPSA) is 80.4 Å². The van der Waals surface area contributed by atoms with Gasteiger partial charge in [0.2, 0.25) is 0 Å². The van der Waals surface area contributed by atoms with E-state index in [-0.39, 0.29) is 5.41 Å². The molecule has 5 nitrogen and oxygen atoms in total. The summed E-state index contributed by atoms with van der Waals surface area (Å²) in [6, 6.07) is 0. The average Bonchev–Trinajstić information content (AvgIpc) is 3.04. The number of nitrogens with one attached hydrogen (secondary N) is 2. The lowest BCUT2D eigenvalue weighted by Crippen LogP contribution is -2.49. The first-order chi connectivity index (χ1) is 13.3. The Morgan fingerprint density at radius 2 is 2.07 bits per heavy atom. The lowest BCUT2D eigenvalue weighted by molar-refractivity contribution is -0.116. The number of carbonyl (C=O) groups excluding carboxylic acids is 1. The van der Waals surface area contributed by atoms with Gasteiger partial charge in [-0.15, -0.1) is 0 Å². The summed E-state index contributed by atoms with van der Waals surface area (Å²) in [7, 11) is 0. The van der Waals surface area contributed by atoms with Gasteiger partial charge in [-0.2, -0.15) is 5.53 Å². The second-order valence-electron chi connectivity index (χ2n) is 10.2. The molecule has 4 aliphatic carbocycles. The van der Waals surface area contributed by atoms with E-state index in [4.69, 9.17) is 10.9 Å². The zero-order chi connectivity index (χ0) is 20.1. The van der Waals surface area contributed by atoms with E-state index >= 15 is 0 Å². The Kier molecular flexibility index (Phi) is 4.83. The van der Waals surface area contributed by atoms with Crippen molar-refractivity contribution in [3.05, 3.63) is 23.8 Å². The third kappa shape index (κ3) is 2.81. The molecule has 28 heavy (non-hydrogen) atoms. The number of hydrogen-bond acceptors (Lipinski definition) is 4. The second kappa shape index (κ2) is 6.93. The summed E-state index contributed by atoms with van der Waals surface area (Å²) in [5.41, 5.74) is 9.02. The summed E-state index contributed by atoms with van der Waals surface area (Å²) in [6.45, 7) is 7.84. The maximum absolute atomic E-state index is 12.0. The van der Waals surface area contributed by atoms with Crippen LogP contribution in [0.5, 0.6) is 0 Å². The maximum atomic E-state index is 12.0. The zero-order valence-corrected chi connectivity index (χ0v) is 17.4. The minimum Gasteiger partial charge on any atom is -0.295 e. The smallest absolute Gasteiger partial charge is 0.156 e. The van der Waals surface area contributed by atoms with Crippen molar-refractivity contribution >= 4 is 12.1 Å². The van der Waals surface area contributed by atoms with E-state index in [2.05, 4.69) is 38.1 Å². The predicted octanol–water partition coefficient (Wildman–Crippen LogP) is 5.40. The molecule has 2 N–H and O–H groups in total. The van der Waals surface area contributed by atoms with Gasteiger partial charge >= 0.3 is 0 Å². The van der Waals surface area contributed by atoms with E-state index in [1.165, 1.54) is 36.3 Å². The van der Waals surface area contributed by atoms with Crippen LogP contribution in [0.1, 0.15) is 59.3 Å². The number of fused-ring (bicyclic) bond motifs is 5. The molecule has 0 bridgehead atoms. The van der Waals surface area contributed by atoms with E-state index in [1.807, 2.05) is 6.08 Å². The zero-order valence-electron chi connectivity index (χ0n) is 17.4. The van der Waals surface area contributed by atoms with Crippen LogP contribution >= 0.6 is 0 Å². The first-order valence-corrected chi connectivity index (χ1v) is 10.9. The lowest BCUT2D eigenvalue weighted by Gasteiger charge is -2.56. The molecule has 4 aliphatic rings. The molecule has 0 aromatic heterocycles. The Morgan fingerprint density at radius 1 is 1.29 bits per heavy atom. The lowest BCUT2D eigenvalue weighted by atomic mass is 9.48. The number of hydrogen-bond donors (Lipinski definition) is 2. The second-order valence-corrected chi connectivity index (χ2v) is 10.2. The molecular formula is C23H34N4O. The van der Waals surface area contributed by atoms with Crippen molar-refractivity contribution in [1.29, 1.82) is 10.9 Å². The van der Waals surface area contributed by atoms with Crippen molar-refractivity contribution < 1.29 is 4.79 Å². The molecule has 0 aromatic rings. The maximum Gasteiger partial charge on any atom is 0.156 e. The summed E-state index contributed by atoms with van der Waals surface area (Å²) in [4.78, 5) is 12.0. The van der Waals surface area contributed by atoms with Gasteiger partial charge in [0, 0.05) is 13.0 Å². The van der Waals surface area contributed by atoms with Crippen LogP contribution < -0.4 is 0 Å². The normalized spacial score (nSPS) is 42.7. The fraction of sp³-hybridized carbons (Fsp3) is 0.739. The van der Waals surface area contributed by atoms with Crippen molar-refractivity contribution in [2.24, 2.45) is 45.6 Å². The predicted molar refractivity (Wildman–Crippen MR) is 110 cm³/mol. The number of carbonyl (C=O) groups is 1. The average molecular weight is 383 g/mol. The molecule has 2 fully saturated rings. The van der Waals surface area contributed by atoms with Gasteiger partial charge < -0.3 is 0 Å². The van der Waals surface area contributed by atoms with Crippen molar-refractivity contribution in [2.45, 2.75) is 59.3 Å². The molecule has 0 aliphatic heterocycles. The highest BCUT2D eigenvalue weighted by atomic mass is 16.1. The SMILES string of the molecule is C[C@H](CN(C=N)N=N)[C@H]1CCC2C3C=CC4=CC(=O)CC[C@]4(C)C3CC[C@@]21C. The fourth-order valence-corrected chi connectivity index (χ4v) is 7.52. The first kappa shape index (κ1) is 19.5. The van der Waals surface area contributed by atoms with Crippen LogP contribution in [0.4, 0.5) is 0 Å². The number of rotatable bonds is 5. The molecule has 0 amide bonds. The standard InChI is InChI=1S/C23H34N4O/c1-15(13-27(14-24)26-25)19-6-7-20-18-5-4-16-12-17(28)8-10-22(16,2)21(18)9-11-23(19,20)3/h4-5,12,14-15,18-21,24-25H,6-11,13H2,1-3H3/t15-,18?,19-,20?,21?,22+,23-/m1/s1. The van der Waals surface area contributed by atoms with Crippen LogP contribution in [-0.2, 0) is 4.79 Å². The minimum absolute atomic E-state index is 0.166. The van der Waals surface area contributed by atoms with Crippen molar-refractivity contribution in [3.8, 4) is 0 Å². The first-order valence-electron chi connectivity index (χ1n) is 10.9. The molecule has 0 aromatic carbocycles. The van der Waals surface area contributed by atoms with Gasteiger partial charge in [-0.25, -0.2) is 5.01 Å². The van der Waals surface area contributed by atoms with Crippen molar-refractivity contribution in [3.63, 3.8) is 0 Å². The van der Waals surface area contributed by atoms with Gasteiger partial charge in [0.05, 0.1) is 0 Å². The van der Waals surface area contributed by atoms with Gasteiger partial charge in [0.25, 0.3) is 0 Å². The third-order valence-electron chi connectivity index (χ3n) is 9.03. The number of nitrogens with zero attached hydrogens (tertiary/aromatic N) is 2. The molecule has 4 rings (SSSR count). The van der Waals surface area contributed by atoms with E-state index in [0.29, 0.717) is 53.8 Å². The fourth-order valence-electron chi connectivity index (χ4n) is 7.52. The Bertz CT molecular complexity index is 735. The Hall–Kier alpha value is -1.78. The molecule has 2 saturated carbocycles. The van der Waals surface area contributed by atoms with Gasteiger partial charge in [-0.1, -0.05) is 38.1 Å². The molecule has 5 heteroatoms. The Balaban J connectivity index is 1.59. The van der Waals surface area contributed by atoms with E-state index < -0.39 is 0 Å². The molecule has 3 unspecified atom stereocenters. The summed E-state index contributed by atoms with van der Waals surface area (Å²) in [5.74, 6) is 3.31. The summed E-state index contributed by atoms with van der Waals surface area (Å²) < 4.78 is 0. The molecule has 0 heterocycles. The van der Waals surface area contributed by atoms with Crippen LogP contribution in [0.25, 0.3) is 0 Å². The molecule has 152 valence electrons. The van der Waals surface area contributed by atoms with Gasteiger partial charge in [0.15, 0.2) is 5.78 Å². The van der Waals surface area contributed by atoms with E-state index in [1.54, 1.807) is 0 Å². The summed E-state index contributed by atoms with van der Waals surface area (Å²) >= 11 is 0. The molecule has 0 spiro atoms. The van der Waals surface area contributed by atoms with Gasteiger partial charge in [-0.05, 0) is 84.2 Å². The van der Waals surface area contributed by atoms with Crippen molar-refractivity contribution in [1.82, 2.24) is 5.01 Å². The molecule has 7 atom stereocenters. The largest absolute Gasteiger partial charge is 0.295 e. The molecule has 0 radical (unpaired) electrons.